The van der Waals surface area contributed by atoms with E-state index < -0.39 is 0 Å². The van der Waals surface area contributed by atoms with Gasteiger partial charge in [-0.05, 0) is 38.9 Å². The van der Waals surface area contributed by atoms with Gasteiger partial charge in [0.2, 0.25) is 5.91 Å². The van der Waals surface area contributed by atoms with Crippen molar-refractivity contribution < 1.29 is 14.3 Å². The summed E-state index contributed by atoms with van der Waals surface area (Å²) in [5, 5.41) is 2.83. The lowest BCUT2D eigenvalue weighted by Crippen LogP contribution is -2.14. The number of carbonyl (C=O) groups excluding carboxylic acids is 1. The Kier molecular flexibility index (Phi) is 6.74. The van der Waals surface area contributed by atoms with E-state index in [2.05, 4.69) is 5.32 Å². The minimum Gasteiger partial charge on any atom is -0.494 e. The van der Waals surface area contributed by atoms with Crippen molar-refractivity contribution in [3.8, 4) is 11.5 Å². The summed E-state index contributed by atoms with van der Waals surface area (Å²) in [6.07, 6.45) is 1.07. The van der Waals surface area contributed by atoms with Crippen molar-refractivity contribution in [1.29, 1.82) is 0 Å². The molecule has 3 N–H and O–H groups in total. The van der Waals surface area contributed by atoms with Crippen LogP contribution < -0.4 is 20.5 Å². The van der Waals surface area contributed by atoms with Gasteiger partial charge in [-0.3, -0.25) is 4.79 Å². The largest absolute Gasteiger partial charge is 0.494 e. The van der Waals surface area contributed by atoms with Crippen molar-refractivity contribution >= 4 is 11.6 Å². The molecule has 1 amide bonds. The lowest BCUT2D eigenvalue weighted by Gasteiger charge is -2.13. The van der Waals surface area contributed by atoms with Gasteiger partial charge in [0.15, 0.2) is 0 Å². The number of rotatable bonds is 8. The Morgan fingerprint density at radius 2 is 2.00 bits per heavy atom. The van der Waals surface area contributed by atoms with Crippen LogP contribution in [0.3, 0.4) is 0 Å². The molecule has 0 heterocycles. The second-order valence-electron chi connectivity index (χ2n) is 3.96. The fraction of sp³-hybridized carbons (Fsp3) is 0.500. The predicted molar refractivity (Wildman–Crippen MR) is 75.7 cm³/mol. The maximum atomic E-state index is 11.7. The Hall–Kier alpha value is -1.75. The number of hydrogen-bond donors (Lipinski definition) is 2. The molecule has 5 heteroatoms. The first-order chi connectivity index (χ1) is 9.21. The van der Waals surface area contributed by atoms with Crippen molar-refractivity contribution in [3.63, 3.8) is 0 Å². The van der Waals surface area contributed by atoms with Crippen LogP contribution in [0.15, 0.2) is 18.2 Å². The maximum absolute atomic E-state index is 11.7. The molecular formula is C14H22N2O3. The quantitative estimate of drug-likeness (QED) is 0.756. The van der Waals surface area contributed by atoms with E-state index in [9.17, 15) is 4.79 Å². The van der Waals surface area contributed by atoms with E-state index in [0.29, 0.717) is 49.8 Å². The Morgan fingerprint density at radius 1 is 1.26 bits per heavy atom. The summed E-state index contributed by atoms with van der Waals surface area (Å²) in [4.78, 5) is 11.7. The van der Waals surface area contributed by atoms with E-state index in [0.717, 1.165) is 0 Å². The molecule has 1 rings (SSSR count). The number of nitrogens with one attached hydrogen (secondary N) is 1. The number of hydrogen-bond acceptors (Lipinski definition) is 4. The highest BCUT2D eigenvalue weighted by molar-refractivity contribution is 5.92. The molecule has 1 aromatic rings. The van der Waals surface area contributed by atoms with Gasteiger partial charge in [-0.15, -0.1) is 0 Å². The number of amides is 1. The Labute approximate surface area is 114 Å². The zero-order chi connectivity index (χ0) is 14.1. The summed E-state index contributed by atoms with van der Waals surface area (Å²) in [5.74, 6) is 1.28. The fourth-order valence-corrected chi connectivity index (χ4v) is 1.62. The molecule has 0 aliphatic rings. The van der Waals surface area contributed by atoms with E-state index in [1.54, 1.807) is 12.1 Å². The summed E-state index contributed by atoms with van der Waals surface area (Å²) in [5.41, 5.74) is 6.02. The number of carbonyl (C=O) groups is 1. The highest BCUT2D eigenvalue weighted by Gasteiger charge is 2.09. The molecule has 1 aromatic carbocycles. The van der Waals surface area contributed by atoms with Crippen molar-refractivity contribution in [1.82, 2.24) is 0 Å². The van der Waals surface area contributed by atoms with Gasteiger partial charge in [-0.1, -0.05) is 0 Å². The van der Waals surface area contributed by atoms with E-state index in [-0.39, 0.29) is 5.91 Å². The van der Waals surface area contributed by atoms with E-state index in [1.807, 2.05) is 19.9 Å². The molecule has 106 valence electrons. The molecule has 0 bridgehead atoms. The van der Waals surface area contributed by atoms with Crippen molar-refractivity contribution in [2.75, 3.05) is 25.1 Å². The molecule has 0 atom stereocenters. The molecule has 0 aliphatic heterocycles. The molecule has 0 spiro atoms. The van der Waals surface area contributed by atoms with E-state index in [1.165, 1.54) is 0 Å². The summed E-state index contributed by atoms with van der Waals surface area (Å²) in [6, 6.07) is 5.39. The van der Waals surface area contributed by atoms with Crippen LogP contribution in [-0.4, -0.2) is 25.7 Å². The third-order valence-electron chi connectivity index (χ3n) is 2.44. The average Bonchev–Trinajstić information content (AvgIpc) is 2.40. The van der Waals surface area contributed by atoms with Crippen molar-refractivity contribution in [3.05, 3.63) is 18.2 Å². The lowest BCUT2D eigenvalue weighted by atomic mass is 10.2. The third-order valence-corrected chi connectivity index (χ3v) is 2.44. The molecule has 0 aromatic heterocycles. The van der Waals surface area contributed by atoms with Gasteiger partial charge in [-0.25, -0.2) is 0 Å². The predicted octanol–water partition coefficient (Wildman–Crippen LogP) is 2.16. The Bertz CT molecular complexity index is 408. The minimum absolute atomic E-state index is 0.0694. The van der Waals surface area contributed by atoms with Crippen LogP contribution in [0.5, 0.6) is 11.5 Å². The normalized spacial score (nSPS) is 10.1. The number of nitrogens with two attached hydrogens (primary N) is 1. The van der Waals surface area contributed by atoms with Crippen LogP contribution >= 0.6 is 0 Å². The van der Waals surface area contributed by atoms with E-state index >= 15 is 0 Å². The van der Waals surface area contributed by atoms with Gasteiger partial charge in [-0.2, -0.15) is 0 Å². The highest BCUT2D eigenvalue weighted by Crippen LogP contribution is 2.29. The zero-order valence-corrected chi connectivity index (χ0v) is 11.6. The van der Waals surface area contributed by atoms with Crippen molar-refractivity contribution in [2.45, 2.75) is 26.7 Å². The van der Waals surface area contributed by atoms with Crippen LogP contribution in [0.2, 0.25) is 0 Å². The van der Waals surface area contributed by atoms with Crippen LogP contribution in [0.25, 0.3) is 0 Å². The molecule has 5 nitrogen and oxygen atoms in total. The van der Waals surface area contributed by atoms with Gasteiger partial charge < -0.3 is 20.5 Å². The Balaban J connectivity index is 2.80. The summed E-state index contributed by atoms with van der Waals surface area (Å²) in [6.45, 7) is 5.44. The molecule has 0 radical (unpaired) electrons. The van der Waals surface area contributed by atoms with Crippen LogP contribution in [0.4, 0.5) is 5.69 Å². The van der Waals surface area contributed by atoms with Crippen LogP contribution in [0.1, 0.15) is 26.7 Å². The van der Waals surface area contributed by atoms with E-state index in [4.69, 9.17) is 15.2 Å². The molecule has 0 saturated carbocycles. The summed E-state index contributed by atoms with van der Waals surface area (Å²) in [7, 11) is 0. The molecule has 0 fully saturated rings. The average molecular weight is 266 g/mol. The first-order valence-electron chi connectivity index (χ1n) is 6.60. The maximum Gasteiger partial charge on any atom is 0.224 e. The number of benzene rings is 1. The highest BCUT2D eigenvalue weighted by atomic mass is 16.5. The smallest absolute Gasteiger partial charge is 0.224 e. The third kappa shape index (κ3) is 5.18. The second kappa shape index (κ2) is 8.37. The standard InChI is InChI=1S/C14H22N2O3/c1-3-18-11-7-8-13(19-4-2)12(10-11)16-14(17)6-5-9-15/h7-8,10H,3-6,9,15H2,1-2H3,(H,16,17). The monoisotopic (exact) mass is 266 g/mol. The molecule has 0 aliphatic carbocycles. The van der Waals surface area contributed by atoms with Gasteiger partial charge in [0, 0.05) is 12.5 Å². The molecular weight excluding hydrogens is 244 g/mol. The Morgan fingerprint density at radius 3 is 2.63 bits per heavy atom. The van der Waals surface area contributed by atoms with Crippen molar-refractivity contribution in [2.24, 2.45) is 5.73 Å². The SMILES string of the molecule is CCOc1ccc(OCC)c(NC(=O)CCCN)c1. The summed E-state index contributed by atoms with van der Waals surface area (Å²) >= 11 is 0. The van der Waals surface area contributed by atoms with Gasteiger partial charge in [0.1, 0.15) is 11.5 Å². The lowest BCUT2D eigenvalue weighted by molar-refractivity contribution is -0.116. The van der Waals surface area contributed by atoms with Gasteiger partial charge in [0.05, 0.1) is 18.9 Å². The topological polar surface area (TPSA) is 73.6 Å². The summed E-state index contributed by atoms with van der Waals surface area (Å²) < 4.78 is 10.9. The minimum atomic E-state index is -0.0694. The molecule has 0 saturated heterocycles. The fourth-order valence-electron chi connectivity index (χ4n) is 1.62. The second-order valence-corrected chi connectivity index (χ2v) is 3.96. The first kappa shape index (κ1) is 15.3. The van der Waals surface area contributed by atoms with Gasteiger partial charge in [0.25, 0.3) is 0 Å². The van der Waals surface area contributed by atoms with Crippen LogP contribution in [0, 0.1) is 0 Å². The number of anilines is 1. The van der Waals surface area contributed by atoms with Gasteiger partial charge >= 0.3 is 0 Å². The number of ether oxygens (including phenoxy) is 2. The van der Waals surface area contributed by atoms with Crippen LogP contribution in [-0.2, 0) is 4.79 Å². The molecule has 0 unspecified atom stereocenters. The zero-order valence-electron chi connectivity index (χ0n) is 11.6. The molecule has 19 heavy (non-hydrogen) atoms. The first-order valence-corrected chi connectivity index (χ1v) is 6.60.